The van der Waals surface area contributed by atoms with Gasteiger partial charge in [0.25, 0.3) is 0 Å². The van der Waals surface area contributed by atoms with E-state index in [1.54, 1.807) is 0 Å². The van der Waals surface area contributed by atoms with E-state index < -0.39 is 59.0 Å². The fourth-order valence-corrected chi connectivity index (χ4v) is 5.63. The van der Waals surface area contributed by atoms with Crippen molar-refractivity contribution in [2.75, 3.05) is 32.7 Å². The van der Waals surface area contributed by atoms with E-state index in [1.165, 1.54) is 12.5 Å². The minimum Gasteiger partial charge on any atom is -0.354 e. The summed E-state index contributed by atoms with van der Waals surface area (Å²) in [5.74, 6) is -2.38. The van der Waals surface area contributed by atoms with Gasteiger partial charge in [0.2, 0.25) is 5.91 Å². The third-order valence-corrected chi connectivity index (χ3v) is 7.67. The largest absolute Gasteiger partial charge is 0.416 e. The van der Waals surface area contributed by atoms with E-state index >= 15 is 0 Å². The van der Waals surface area contributed by atoms with E-state index in [4.69, 9.17) is 0 Å². The van der Waals surface area contributed by atoms with Gasteiger partial charge in [-0.05, 0) is 68.6 Å². The maximum absolute atomic E-state index is 14.8. The third-order valence-electron chi connectivity index (χ3n) is 7.67. The molecule has 4 rings (SSSR count). The summed E-state index contributed by atoms with van der Waals surface area (Å²) in [7, 11) is 0. The molecule has 2 fully saturated rings. The molecule has 2 aromatic carbocycles. The Kier molecular flexibility index (Phi) is 9.39. The van der Waals surface area contributed by atoms with Gasteiger partial charge < -0.3 is 10.2 Å². The second-order valence-electron chi connectivity index (χ2n) is 10.4. The van der Waals surface area contributed by atoms with Crippen LogP contribution in [0.4, 0.5) is 35.1 Å². The second-order valence-corrected chi connectivity index (χ2v) is 10.4. The summed E-state index contributed by atoms with van der Waals surface area (Å²) in [5.41, 5.74) is -3.32. The molecule has 0 radical (unpaired) electrons. The van der Waals surface area contributed by atoms with Gasteiger partial charge in [0.05, 0.1) is 23.6 Å². The predicted octanol–water partition coefficient (Wildman–Crippen LogP) is 6.35. The van der Waals surface area contributed by atoms with E-state index in [-0.39, 0.29) is 18.2 Å². The van der Waals surface area contributed by atoms with Crippen molar-refractivity contribution in [3.8, 4) is 0 Å². The molecule has 2 saturated heterocycles. The van der Waals surface area contributed by atoms with Crippen molar-refractivity contribution >= 4 is 5.91 Å². The van der Waals surface area contributed by atoms with Gasteiger partial charge in [0.1, 0.15) is 11.6 Å². The zero-order chi connectivity index (χ0) is 29.1. The van der Waals surface area contributed by atoms with Crippen LogP contribution in [0.5, 0.6) is 0 Å². The molecule has 2 aromatic rings. The molecule has 1 unspecified atom stereocenters. The molecule has 1 N–H and O–H groups in total. The lowest BCUT2D eigenvalue weighted by atomic mass is 9.96. The summed E-state index contributed by atoms with van der Waals surface area (Å²) in [6, 6.07) is 3.85. The average Bonchev–Trinajstić information content (AvgIpc) is 2.89. The first kappa shape index (κ1) is 30.2. The van der Waals surface area contributed by atoms with Gasteiger partial charge in [0.15, 0.2) is 0 Å². The summed E-state index contributed by atoms with van der Waals surface area (Å²) >= 11 is 0. The Morgan fingerprint density at radius 1 is 0.850 bits per heavy atom. The van der Waals surface area contributed by atoms with Crippen LogP contribution in [0.25, 0.3) is 0 Å². The quantitative estimate of drug-likeness (QED) is 0.390. The number of alkyl halides is 6. The van der Waals surface area contributed by atoms with Crippen molar-refractivity contribution in [2.24, 2.45) is 0 Å². The summed E-state index contributed by atoms with van der Waals surface area (Å²) < 4.78 is 108. The number of carbonyl (C=O) groups excluding carboxylic acids is 1. The minimum atomic E-state index is -5.03. The summed E-state index contributed by atoms with van der Waals surface area (Å²) in [5, 5.41) is 2.55. The highest BCUT2D eigenvalue weighted by Crippen LogP contribution is 2.36. The van der Waals surface area contributed by atoms with Crippen LogP contribution in [0.1, 0.15) is 60.4 Å². The minimum absolute atomic E-state index is 0.00224. The Morgan fingerprint density at radius 3 is 2.00 bits per heavy atom. The molecule has 1 atom stereocenters. The molecular weight excluding hydrogens is 546 g/mol. The zero-order valence-electron chi connectivity index (χ0n) is 21.7. The fraction of sp³-hybridized carbons (Fsp3) is 0.536. The number of carbonyl (C=O) groups is 1. The molecule has 40 heavy (non-hydrogen) atoms. The van der Waals surface area contributed by atoms with Gasteiger partial charge in [-0.15, -0.1) is 0 Å². The van der Waals surface area contributed by atoms with Gasteiger partial charge in [0, 0.05) is 37.3 Å². The monoisotopic (exact) mass is 577 g/mol. The normalized spacial score (nSPS) is 19.0. The standard InChI is InChI=1S/C28H31F8N3O/c29-21-4-5-23(24(30)16-21)25(39-10-6-22(7-11-39)38-8-2-1-3-9-38)17-37-26(40)14-18-12-19(27(31,32)33)15-20(13-18)28(34,35)36/h4-5,12-13,15-16,22,25H,1-3,6-11,14,17H2,(H,37,40). The molecule has 2 heterocycles. The number of likely N-dealkylation sites (tertiary alicyclic amines) is 2. The Balaban J connectivity index is 1.47. The Bertz CT molecular complexity index is 1140. The molecular formula is C28H31F8N3O. The molecule has 2 aliphatic rings. The van der Waals surface area contributed by atoms with Crippen molar-refractivity contribution in [3.05, 3.63) is 70.3 Å². The number of hydrogen-bond acceptors (Lipinski definition) is 3. The van der Waals surface area contributed by atoms with Gasteiger partial charge in [-0.25, -0.2) is 8.78 Å². The van der Waals surface area contributed by atoms with Gasteiger partial charge in [-0.1, -0.05) is 12.5 Å². The van der Waals surface area contributed by atoms with E-state index in [0.29, 0.717) is 31.3 Å². The molecule has 0 spiro atoms. The van der Waals surface area contributed by atoms with Crippen molar-refractivity contribution in [1.29, 1.82) is 0 Å². The van der Waals surface area contributed by atoms with Gasteiger partial charge >= 0.3 is 12.4 Å². The van der Waals surface area contributed by atoms with Crippen LogP contribution in [-0.2, 0) is 23.6 Å². The number of amides is 1. The number of piperidine rings is 2. The molecule has 1 amide bonds. The van der Waals surface area contributed by atoms with Crippen LogP contribution in [0.3, 0.4) is 0 Å². The first-order chi connectivity index (χ1) is 18.8. The SMILES string of the molecule is O=C(Cc1cc(C(F)(F)F)cc(C(F)(F)F)c1)NCC(c1ccc(F)cc1F)N1CCC(N2CCCCC2)CC1. The van der Waals surface area contributed by atoms with Crippen molar-refractivity contribution < 1.29 is 39.9 Å². The topological polar surface area (TPSA) is 35.6 Å². The lowest BCUT2D eigenvalue weighted by Gasteiger charge is -2.43. The summed E-state index contributed by atoms with van der Waals surface area (Å²) in [4.78, 5) is 17.1. The van der Waals surface area contributed by atoms with Crippen molar-refractivity contribution in [1.82, 2.24) is 15.1 Å². The fourth-order valence-electron chi connectivity index (χ4n) is 5.63. The molecule has 220 valence electrons. The van der Waals surface area contributed by atoms with E-state index in [9.17, 15) is 39.9 Å². The average molecular weight is 578 g/mol. The molecule has 0 aliphatic carbocycles. The summed E-state index contributed by atoms with van der Waals surface area (Å²) in [6.07, 6.45) is -5.66. The number of benzene rings is 2. The number of hydrogen-bond donors (Lipinski definition) is 1. The summed E-state index contributed by atoms with van der Waals surface area (Å²) in [6.45, 7) is 3.08. The molecule has 0 bridgehead atoms. The molecule has 2 aliphatic heterocycles. The zero-order valence-corrected chi connectivity index (χ0v) is 21.7. The number of rotatable bonds is 7. The first-order valence-corrected chi connectivity index (χ1v) is 13.3. The molecule has 0 aromatic heterocycles. The smallest absolute Gasteiger partial charge is 0.354 e. The highest BCUT2D eigenvalue weighted by Gasteiger charge is 2.37. The van der Waals surface area contributed by atoms with E-state index in [1.807, 2.05) is 4.90 Å². The Morgan fingerprint density at radius 2 is 1.45 bits per heavy atom. The van der Waals surface area contributed by atoms with E-state index in [0.717, 1.165) is 50.9 Å². The van der Waals surface area contributed by atoms with Crippen molar-refractivity contribution in [3.63, 3.8) is 0 Å². The number of nitrogens with one attached hydrogen (secondary N) is 1. The third kappa shape index (κ3) is 7.72. The van der Waals surface area contributed by atoms with E-state index in [2.05, 4.69) is 10.2 Å². The molecule has 12 heteroatoms. The van der Waals surface area contributed by atoms with Crippen LogP contribution in [-0.4, -0.2) is 54.5 Å². The van der Waals surface area contributed by atoms with Crippen LogP contribution < -0.4 is 5.32 Å². The van der Waals surface area contributed by atoms with Gasteiger partial charge in [-0.3, -0.25) is 9.69 Å². The number of nitrogens with zero attached hydrogens (tertiary/aromatic N) is 2. The van der Waals surface area contributed by atoms with Crippen LogP contribution in [0.2, 0.25) is 0 Å². The van der Waals surface area contributed by atoms with Crippen LogP contribution in [0, 0.1) is 11.6 Å². The van der Waals surface area contributed by atoms with Crippen LogP contribution >= 0.6 is 0 Å². The lowest BCUT2D eigenvalue weighted by Crippen LogP contribution is -2.49. The number of halogens is 8. The maximum Gasteiger partial charge on any atom is 0.416 e. The van der Waals surface area contributed by atoms with Gasteiger partial charge in [-0.2, -0.15) is 26.3 Å². The lowest BCUT2D eigenvalue weighted by molar-refractivity contribution is -0.143. The second kappa shape index (κ2) is 12.4. The van der Waals surface area contributed by atoms with Crippen molar-refractivity contribution in [2.45, 2.75) is 63.0 Å². The van der Waals surface area contributed by atoms with Crippen LogP contribution in [0.15, 0.2) is 36.4 Å². The highest BCUT2D eigenvalue weighted by atomic mass is 19.4. The predicted molar refractivity (Wildman–Crippen MR) is 132 cm³/mol. The highest BCUT2D eigenvalue weighted by molar-refractivity contribution is 5.78. The Hall–Kier alpha value is -2.73. The Labute approximate surface area is 227 Å². The first-order valence-electron chi connectivity index (χ1n) is 13.3. The molecule has 4 nitrogen and oxygen atoms in total. The molecule has 0 saturated carbocycles. The maximum atomic E-state index is 14.8.